The highest BCUT2D eigenvalue weighted by molar-refractivity contribution is 8.14. The van der Waals surface area contributed by atoms with Gasteiger partial charge in [0.2, 0.25) is 5.91 Å². The predicted octanol–water partition coefficient (Wildman–Crippen LogP) is 3.47. The van der Waals surface area contributed by atoms with Crippen molar-refractivity contribution in [1.29, 1.82) is 0 Å². The molecule has 0 bridgehead atoms. The third-order valence-electron chi connectivity index (χ3n) is 3.57. The van der Waals surface area contributed by atoms with Crippen molar-refractivity contribution in [3.8, 4) is 0 Å². The lowest BCUT2D eigenvalue weighted by atomic mass is 10.2. The van der Waals surface area contributed by atoms with Gasteiger partial charge >= 0.3 is 0 Å². The van der Waals surface area contributed by atoms with Crippen molar-refractivity contribution in [1.82, 2.24) is 5.32 Å². The van der Waals surface area contributed by atoms with E-state index in [0.717, 1.165) is 12.8 Å². The van der Waals surface area contributed by atoms with Crippen LogP contribution in [0, 0.1) is 0 Å². The van der Waals surface area contributed by atoms with Crippen LogP contribution in [-0.2, 0) is 9.59 Å². The van der Waals surface area contributed by atoms with E-state index in [2.05, 4.69) is 17.2 Å². The van der Waals surface area contributed by atoms with Gasteiger partial charge in [-0.1, -0.05) is 61.7 Å². The molecule has 0 radical (unpaired) electrons. The summed E-state index contributed by atoms with van der Waals surface area (Å²) in [5.74, 6) is 0.0594. The maximum Gasteiger partial charge on any atom is 0.254 e. The third-order valence-corrected chi connectivity index (χ3v) is 4.86. The lowest BCUT2D eigenvalue weighted by Gasteiger charge is -2.19. The van der Waals surface area contributed by atoms with Gasteiger partial charge in [-0.25, -0.2) is 0 Å². The number of hydrogen-bond donors (Lipinski definition) is 1. The molecule has 0 saturated heterocycles. The lowest BCUT2D eigenvalue weighted by molar-refractivity contribution is -0.118. The summed E-state index contributed by atoms with van der Waals surface area (Å²) < 4.78 is 0. The van der Waals surface area contributed by atoms with E-state index < -0.39 is 0 Å². The number of amides is 2. The molecule has 130 valence electrons. The summed E-state index contributed by atoms with van der Waals surface area (Å²) in [5.41, 5.74) is 0.605. The fourth-order valence-corrected chi connectivity index (χ4v) is 3.39. The second-order valence-electron chi connectivity index (χ2n) is 5.48. The van der Waals surface area contributed by atoms with E-state index in [1.165, 1.54) is 29.5 Å². The number of para-hydroxylation sites is 1. The van der Waals surface area contributed by atoms with Gasteiger partial charge in [0.15, 0.2) is 5.17 Å². The molecular weight excluding hydrogens is 346 g/mol. The minimum atomic E-state index is -0.134. The van der Waals surface area contributed by atoms with Gasteiger partial charge in [0.25, 0.3) is 5.91 Å². The van der Waals surface area contributed by atoms with Crippen LogP contribution in [0.15, 0.2) is 29.3 Å². The van der Waals surface area contributed by atoms with Gasteiger partial charge in [0.05, 0.1) is 16.5 Å². The van der Waals surface area contributed by atoms with Crippen molar-refractivity contribution in [2.75, 3.05) is 23.7 Å². The second kappa shape index (κ2) is 9.69. The summed E-state index contributed by atoms with van der Waals surface area (Å²) in [6, 6.07) is 7.13. The van der Waals surface area contributed by atoms with Crippen molar-refractivity contribution >= 4 is 46.0 Å². The number of nitrogens with one attached hydrogen (secondary N) is 1. The molecule has 24 heavy (non-hydrogen) atoms. The quantitative estimate of drug-likeness (QED) is 0.715. The Morgan fingerprint density at radius 2 is 2.12 bits per heavy atom. The molecule has 1 aliphatic rings. The maximum absolute atomic E-state index is 12.1. The van der Waals surface area contributed by atoms with Gasteiger partial charge in [-0.2, -0.15) is 0 Å². The van der Waals surface area contributed by atoms with Gasteiger partial charge in [-0.05, 0) is 18.6 Å². The fraction of sp³-hybridized carbons (Fsp3) is 0.471. The van der Waals surface area contributed by atoms with Crippen molar-refractivity contribution in [2.24, 2.45) is 4.99 Å². The van der Waals surface area contributed by atoms with E-state index >= 15 is 0 Å². The summed E-state index contributed by atoms with van der Waals surface area (Å²) in [5, 5.41) is 3.91. The Bertz CT molecular complexity index is 622. The first kappa shape index (κ1) is 18.8. The predicted molar refractivity (Wildman–Crippen MR) is 101 cm³/mol. The first-order valence-electron chi connectivity index (χ1n) is 8.15. The average Bonchev–Trinajstić information content (AvgIpc) is 2.94. The van der Waals surface area contributed by atoms with Crippen molar-refractivity contribution < 1.29 is 9.59 Å². The summed E-state index contributed by atoms with van der Waals surface area (Å²) in [6.07, 6.45) is 4.49. The number of rotatable bonds is 8. The molecule has 0 aromatic heterocycles. The van der Waals surface area contributed by atoms with Crippen LogP contribution in [0.4, 0.5) is 5.69 Å². The molecule has 1 N–H and O–H groups in total. The molecule has 1 aromatic rings. The molecule has 0 aliphatic carbocycles. The van der Waals surface area contributed by atoms with Crippen LogP contribution in [0.3, 0.4) is 0 Å². The monoisotopic (exact) mass is 367 g/mol. The topological polar surface area (TPSA) is 61.8 Å². The Morgan fingerprint density at radius 1 is 1.33 bits per heavy atom. The number of carbonyl (C=O) groups excluding carboxylic acids is 2. The minimum Gasteiger partial charge on any atom is -0.355 e. The maximum atomic E-state index is 12.1. The number of amidine groups is 1. The Hall–Kier alpha value is -1.53. The standard InChI is InChI=1S/C17H22ClN3O2S/c1-2-3-4-7-10-19-15(22)12-24-17-20-11-16(23)21(17)14-9-6-5-8-13(14)18/h5-6,8-9H,2-4,7,10-12H2,1H3,(H,19,22). The molecule has 2 rings (SSSR count). The van der Waals surface area contributed by atoms with Crippen LogP contribution in [0.5, 0.6) is 0 Å². The Labute approximate surface area is 151 Å². The zero-order valence-corrected chi connectivity index (χ0v) is 15.3. The van der Waals surface area contributed by atoms with Crippen molar-refractivity contribution in [3.63, 3.8) is 0 Å². The molecule has 1 aromatic carbocycles. The minimum absolute atomic E-state index is 0.0438. The first-order valence-corrected chi connectivity index (χ1v) is 9.51. The Kier molecular flexibility index (Phi) is 7.59. The van der Waals surface area contributed by atoms with E-state index in [0.29, 0.717) is 22.4 Å². The Balaban J connectivity index is 1.84. The highest BCUT2D eigenvalue weighted by Crippen LogP contribution is 2.30. The molecule has 2 amide bonds. The number of anilines is 1. The molecule has 0 saturated carbocycles. The van der Waals surface area contributed by atoms with Crippen molar-refractivity contribution in [2.45, 2.75) is 32.6 Å². The van der Waals surface area contributed by atoms with Crippen LogP contribution >= 0.6 is 23.4 Å². The smallest absolute Gasteiger partial charge is 0.254 e. The lowest BCUT2D eigenvalue weighted by Crippen LogP contribution is -2.33. The molecule has 0 spiro atoms. The SMILES string of the molecule is CCCCCCNC(=O)CSC1=NCC(=O)N1c1ccccc1Cl. The normalized spacial score (nSPS) is 14.0. The Morgan fingerprint density at radius 3 is 2.88 bits per heavy atom. The largest absolute Gasteiger partial charge is 0.355 e. The van der Waals surface area contributed by atoms with E-state index in [1.54, 1.807) is 12.1 Å². The zero-order chi connectivity index (χ0) is 17.4. The molecule has 5 nitrogen and oxygen atoms in total. The molecule has 0 unspecified atom stereocenters. The molecular formula is C17H22ClN3O2S. The molecule has 1 aliphatic heterocycles. The van der Waals surface area contributed by atoms with Gasteiger partial charge in [0, 0.05) is 6.54 Å². The van der Waals surface area contributed by atoms with E-state index in [9.17, 15) is 9.59 Å². The highest BCUT2D eigenvalue weighted by atomic mass is 35.5. The van der Waals surface area contributed by atoms with Gasteiger partial charge < -0.3 is 5.32 Å². The molecule has 0 atom stereocenters. The van der Waals surface area contributed by atoms with Gasteiger partial charge in [-0.15, -0.1) is 0 Å². The van der Waals surface area contributed by atoms with Gasteiger partial charge in [-0.3, -0.25) is 19.5 Å². The van der Waals surface area contributed by atoms with E-state index in [4.69, 9.17) is 11.6 Å². The average molecular weight is 368 g/mol. The number of thioether (sulfide) groups is 1. The number of nitrogens with zero attached hydrogens (tertiary/aromatic N) is 2. The summed E-state index contributed by atoms with van der Waals surface area (Å²) in [7, 11) is 0. The number of hydrogen-bond acceptors (Lipinski definition) is 4. The number of carbonyl (C=O) groups is 2. The second-order valence-corrected chi connectivity index (χ2v) is 6.83. The van der Waals surface area contributed by atoms with Crippen LogP contribution in [0.1, 0.15) is 32.6 Å². The fourth-order valence-electron chi connectivity index (χ4n) is 2.32. The van der Waals surface area contributed by atoms with Crippen LogP contribution in [0.2, 0.25) is 5.02 Å². The third kappa shape index (κ3) is 5.24. The summed E-state index contributed by atoms with van der Waals surface area (Å²) >= 11 is 7.43. The van der Waals surface area contributed by atoms with E-state index in [1.807, 2.05) is 12.1 Å². The summed E-state index contributed by atoms with van der Waals surface area (Å²) in [6.45, 7) is 2.94. The first-order chi connectivity index (χ1) is 11.6. The number of unbranched alkanes of at least 4 members (excludes halogenated alkanes) is 3. The van der Waals surface area contributed by atoms with Crippen molar-refractivity contribution in [3.05, 3.63) is 29.3 Å². The van der Waals surface area contributed by atoms with Gasteiger partial charge in [0.1, 0.15) is 6.54 Å². The van der Waals surface area contributed by atoms with Crippen LogP contribution in [-0.4, -0.2) is 35.8 Å². The number of halogens is 1. The number of aliphatic imine (C=N–C) groups is 1. The van der Waals surface area contributed by atoms with Crippen LogP contribution < -0.4 is 10.2 Å². The number of benzene rings is 1. The molecule has 0 fully saturated rings. The van der Waals surface area contributed by atoms with E-state index in [-0.39, 0.29) is 24.1 Å². The highest BCUT2D eigenvalue weighted by Gasteiger charge is 2.29. The molecule has 7 heteroatoms. The van der Waals surface area contributed by atoms with Crippen LogP contribution in [0.25, 0.3) is 0 Å². The molecule has 1 heterocycles. The summed E-state index contributed by atoms with van der Waals surface area (Å²) in [4.78, 5) is 29.7. The zero-order valence-electron chi connectivity index (χ0n) is 13.8.